The minimum absolute atomic E-state index is 0.0426. The van der Waals surface area contributed by atoms with E-state index in [0.29, 0.717) is 5.69 Å². The molecule has 1 atom stereocenters. The molecule has 4 N–H and O–H groups in total. The number of aromatic carboxylic acids is 1. The molecule has 1 amide bonds. The van der Waals surface area contributed by atoms with Crippen molar-refractivity contribution >= 4 is 17.6 Å². The largest absolute Gasteiger partial charge is 0.507 e. The first-order valence-electron chi connectivity index (χ1n) is 6.03. The molecule has 19 heavy (non-hydrogen) atoms. The van der Waals surface area contributed by atoms with Crippen molar-refractivity contribution in [3.8, 4) is 5.75 Å². The number of amides is 1. The number of carbonyl (C=O) groups is 2. The molecule has 0 radical (unpaired) electrons. The summed E-state index contributed by atoms with van der Waals surface area (Å²) in [5.74, 6) is -1.78. The third-order valence-corrected chi connectivity index (χ3v) is 2.55. The number of hydrogen-bond donors (Lipinski definition) is 4. The van der Waals surface area contributed by atoms with Crippen LogP contribution in [0, 0.1) is 0 Å². The molecule has 6 heteroatoms. The number of benzene rings is 1. The van der Waals surface area contributed by atoms with Crippen molar-refractivity contribution in [2.24, 2.45) is 0 Å². The Kier molecular flexibility index (Phi) is 5.32. The fourth-order valence-electron chi connectivity index (χ4n) is 1.70. The summed E-state index contributed by atoms with van der Waals surface area (Å²) in [4.78, 5) is 22.5. The number of carboxylic acids is 1. The Labute approximate surface area is 111 Å². The molecule has 0 aliphatic rings. The summed E-state index contributed by atoms with van der Waals surface area (Å²) in [6.45, 7) is 4.62. The van der Waals surface area contributed by atoms with Crippen molar-refractivity contribution in [3.05, 3.63) is 23.8 Å². The molecular formula is C13H18N2O4. The number of hydrogen-bond acceptors (Lipinski definition) is 4. The van der Waals surface area contributed by atoms with E-state index in [1.807, 2.05) is 13.8 Å². The molecule has 0 bridgehead atoms. The highest BCUT2D eigenvalue weighted by Crippen LogP contribution is 2.21. The number of aromatic hydroxyl groups is 1. The van der Waals surface area contributed by atoms with E-state index in [2.05, 4.69) is 10.6 Å². The molecule has 0 saturated carbocycles. The average Bonchev–Trinajstić information content (AvgIpc) is 2.31. The van der Waals surface area contributed by atoms with Gasteiger partial charge >= 0.3 is 5.97 Å². The lowest BCUT2D eigenvalue weighted by Crippen LogP contribution is -2.30. The molecule has 0 fully saturated rings. The minimum Gasteiger partial charge on any atom is -0.507 e. The molecule has 0 aliphatic carbocycles. The summed E-state index contributed by atoms with van der Waals surface area (Å²) in [5, 5.41) is 23.9. The van der Waals surface area contributed by atoms with Gasteiger partial charge in [0.15, 0.2) is 0 Å². The summed E-state index contributed by atoms with van der Waals surface area (Å²) < 4.78 is 0. The second-order valence-electron chi connectivity index (χ2n) is 4.25. The molecule has 1 unspecified atom stereocenters. The highest BCUT2D eigenvalue weighted by Gasteiger charge is 2.12. The van der Waals surface area contributed by atoms with Gasteiger partial charge in [-0.3, -0.25) is 4.79 Å². The highest BCUT2D eigenvalue weighted by atomic mass is 16.4. The zero-order chi connectivity index (χ0) is 14.4. The van der Waals surface area contributed by atoms with E-state index in [1.54, 1.807) is 0 Å². The van der Waals surface area contributed by atoms with Crippen LogP contribution in [0.4, 0.5) is 5.69 Å². The lowest BCUT2D eigenvalue weighted by molar-refractivity contribution is -0.116. The van der Waals surface area contributed by atoms with Crippen molar-refractivity contribution in [1.29, 1.82) is 0 Å². The van der Waals surface area contributed by atoms with Crippen LogP contribution in [-0.4, -0.2) is 34.7 Å². The molecule has 0 aliphatic heterocycles. The molecule has 0 aromatic heterocycles. The fourth-order valence-corrected chi connectivity index (χ4v) is 1.70. The second-order valence-corrected chi connectivity index (χ2v) is 4.25. The van der Waals surface area contributed by atoms with Crippen LogP contribution in [0.3, 0.4) is 0 Å². The van der Waals surface area contributed by atoms with Gasteiger partial charge in [0, 0.05) is 18.2 Å². The van der Waals surface area contributed by atoms with Crippen LogP contribution in [-0.2, 0) is 4.79 Å². The van der Waals surface area contributed by atoms with Gasteiger partial charge in [-0.05, 0) is 31.7 Å². The number of phenols is 1. The van der Waals surface area contributed by atoms with Gasteiger partial charge in [-0.15, -0.1) is 0 Å². The topological polar surface area (TPSA) is 98.7 Å². The minimum atomic E-state index is -1.24. The molecule has 6 nitrogen and oxygen atoms in total. The van der Waals surface area contributed by atoms with Crippen LogP contribution in [0.1, 0.15) is 30.6 Å². The lowest BCUT2D eigenvalue weighted by Gasteiger charge is -2.12. The van der Waals surface area contributed by atoms with Crippen molar-refractivity contribution in [2.75, 3.05) is 11.9 Å². The highest BCUT2D eigenvalue weighted by molar-refractivity contribution is 5.95. The van der Waals surface area contributed by atoms with Gasteiger partial charge in [0.05, 0.1) is 0 Å². The molecule has 104 valence electrons. The van der Waals surface area contributed by atoms with Gasteiger partial charge in [-0.2, -0.15) is 0 Å². The van der Waals surface area contributed by atoms with Crippen molar-refractivity contribution in [2.45, 2.75) is 26.3 Å². The lowest BCUT2D eigenvalue weighted by atomic mass is 10.1. The number of nitrogens with one attached hydrogen (secondary N) is 2. The van der Waals surface area contributed by atoms with Crippen LogP contribution in [0.2, 0.25) is 0 Å². The maximum absolute atomic E-state index is 11.7. The van der Waals surface area contributed by atoms with E-state index >= 15 is 0 Å². The quantitative estimate of drug-likeness (QED) is 0.584. The SMILES string of the molecule is CCNC(C)CC(=O)Nc1ccc(O)c(C(=O)O)c1. The second kappa shape index (κ2) is 6.75. The predicted octanol–water partition coefficient (Wildman–Crippen LogP) is 1.42. The molecule has 0 saturated heterocycles. The Morgan fingerprint density at radius 3 is 2.63 bits per heavy atom. The monoisotopic (exact) mass is 266 g/mol. The number of carboxylic acid groups (broad SMARTS) is 1. The van der Waals surface area contributed by atoms with E-state index < -0.39 is 5.97 Å². The summed E-state index contributed by atoms with van der Waals surface area (Å²) in [6.07, 6.45) is 0.289. The first kappa shape index (κ1) is 15.0. The van der Waals surface area contributed by atoms with Crippen LogP contribution in [0.25, 0.3) is 0 Å². The summed E-state index contributed by atoms with van der Waals surface area (Å²) in [7, 11) is 0. The number of rotatable bonds is 6. The third kappa shape index (κ3) is 4.59. The predicted molar refractivity (Wildman–Crippen MR) is 71.5 cm³/mol. The van der Waals surface area contributed by atoms with Crippen LogP contribution < -0.4 is 10.6 Å². The summed E-state index contributed by atoms with van der Waals surface area (Å²) in [5.41, 5.74) is 0.112. The molecule has 0 spiro atoms. The van der Waals surface area contributed by atoms with Crippen LogP contribution >= 0.6 is 0 Å². The van der Waals surface area contributed by atoms with Crippen LogP contribution in [0.15, 0.2) is 18.2 Å². The van der Waals surface area contributed by atoms with E-state index in [9.17, 15) is 14.7 Å². The fraction of sp³-hybridized carbons (Fsp3) is 0.385. The van der Waals surface area contributed by atoms with Gasteiger partial charge in [-0.1, -0.05) is 6.92 Å². The molecular weight excluding hydrogens is 248 g/mol. The molecule has 1 aromatic rings. The van der Waals surface area contributed by atoms with Gasteiger partial charge in [0.1, 0.15) is 11.3 Å². The van der Waals surface area contributed by atoms with E-state index in [1.165, 1.54) is 18.2 Å². The van der Waals surface area contributed by atoms with Gasteiger partial charge in [-0.25, -0.2) is 4.79 Å². The Morgan fingerprint density at radius 2 is 2.05 bits per heavy atom. The maximum atomic E-state index is 11.7. The summed E-state index contributed by atoms with van der Waals surface area (Å²) >= 11 is 0. The van der Waals surface area contributed by atoms with Crippen molar-refractivity contribution in [1.82, 2.24) is 5.32 Å². The molecule has 1 rings (SSSR count). The Bertz CT molecular complexity index is 474. The number of carbonyl (C=O) groups excluding carboxylic acids is 1. The van der Waals surface area contributed by atoms with E-state index in [0.717, 1.165) is 6.54 Å². The maximum Gasteiger partial charge on any atom is 0.339 e. The third-order valence-electron chi connectivity index (χ3n) is 2.55. The van der Waals surface area contributed by atoms with E-state index in [4.69, 9.17) is 5.11 Å². The summed E-state index contributed by atoms with van der Waals surface area (Å²) in [6, 6.07) is 3.97. The van der Waals surface area contributed by atoms with Gasteiger partial charge < -0.3 is 20.8 Å². The van der Waals surface area contributed by atoms with Crippen molar-refractivity contribution in [3.63, 3.8) is 0 Å². The Morgan fingerprint density at radius 1 is 1.37 bits per heavy atom. The average molecular weight is 266 g/mol. The number of anilines is 1. The molecule has 0 heterocycles. The molecule has 1 aromatic carbocycles. The Hall–Kier alpha value is -2.08. The normalized spacial score (nSPS) is 11.9. The zero-order valence-corrected chi connectivity index (χ0v) is 10.9. The van der Waals surface area contributed by atoms with Gasteiger partial charge in [0.25, 0.3) is 0 Å². The standard InChI is InChI=1S/C13H18N2O4/c1-3-14-8(2)6-12(17)15-9-4-5-11(16)10(7-9)13(18)19/h4-5,7-8,14,16H,3,6H2,1-2H3,(H,15,17)(H,18,19). The first-order chi connectivity index (χ1) is 8.93. The van der Waals surface area contributed by atoms with Crippen LogP contribution in [0.5, 0.6) is 5.75 Å². The first-order valence-corrected chi connectivity index (χ1v) is 6.03. The van der Waals surface area contributed by atoms with E-state index in [-0.39, 0.29) is 29.7 Å². The van der Waals surface area contributed by atoms with Gasteiger partial charge in [0.2, 0.25) is 5.91 Å². The zero-order valence-electron chi connectivity index (χ0n) is 10.9. The smallest absolute Gasteiger partial charge is 0.339 e. The van der Waals surface area contributed by atoms with Crippen molar-refractivity contribution < 1.29 is 19.8 Å². The Balaban J connectivity index is 2.69.